The molecule has 1 aliphatic heterocycles. The Morgan fingerprint density at radius 1 is 0.966 bits per heavy atom. The molecule has 0 spiro atoms. The maximum absolute atomic E-state index is 14.4. The summed E-state index contributed by atoms with van der Waals surface area (Å²) in [6, 6.07) is 5.05. The molecule has 2 aromatic carbocycles. The topological polar surface area (TPSA) is 313 Å². The van der Waals surface area contributed by atoms with Crippen LogP contribution in [0.4, 0.5) is 4.79 Å². The zero-order valence-corrected chi connectivity index (χ0v) is 33.2. The van der Waals surface area contributed by atoms with Gasteiger partial charge in [-0.1, -0.05) is 24.3 Å². The van der Waals surface area contributed by atoms with Gasteiger partial charge < -0.3 is 52.2 Å². The van der Waals surface area contributed by atoms with Gasteiger partial charge in [-0.15, -0.1) is 0 Å². The summed E-state index contributed by atoms with van der Waals surface area (Å²) < 4.78 is 6.70. The Bertz CT molecular complexity index is 2160. The highest BCUT2D eigenvalue weighted by molar-refractivity contribution is 7.98. The summed E-state index contributed by atoms with van der Waals surface area (Å²) in [4.78, 5) is 95.5. The van der Waals surface area contributed by atoms with E-state index in [1.807, 2.05) is 4.98 Å². The molecular weight excluding hydrogens is 793 g/mol. The summed E-state index contributed by atoms with van der Waals surface area (Å²) in [5, 5.41) is 45.1. The number of urea groups is 1. The summed E-state index contributed by atoms with van der Waals surface area (Å²) in [5.74, 6) is -4.21. The number of nitrogens with one attached hydrogen (secondary N) is 3. The lowest BCUT2D eigenvalue weighted by Gasteiger charge is -2.33. The number of benzene rings is 2. The molecule has 2 heterocycles. The minimum absolute atomic E-state index is 0.0240. The van der Waals surface area contributed by atoms with Gasteiger partial charge in [-0.2, -0.15) is 11.8 Å². The number of aliphatic carboxylic acids is 1. The van der Waals surface area contributed by atoms with E-state index >= 15 is 0 Å². The number of nitrogens with zero attached hydrogens (tertiary/aromatic N) is 3. The van der Waals surface area contributed by atoms with Gasteiger partial charge >= 0.3 is 17.7 Å². The second-order valence-electron chi connectivity index (χ2n) is 13.9. The number of amides is 5. The van der Waals surface area contributed by atoms with Crippen LogP contribution in [0.2, 0.25) is 0 Å². The Morgan fingerprint density at radius 2 is 1.58 bits per heavy atom. The number of phenolic OH excluding ortho intramolecular Hbond substituents is 2. The molecule has 5 unspecified atom stereocenters. The number of nitrogens with two attached hydrogens (primary N) is 2. The summed E-state index contributed by atoms with van der Waals surface area (Å²) in [5.41, 5.74) is 12.0. The Hall–Kier alpha value is -6.16. The van der Waals surface area contributed by atoms with Crippen molar-refractivity contribution in [2.45, 2.75) is 75.1 Å². The first-order valence-corrected chi connectivity index (χ1v) is 19.7. The summed E-state index contributed by atoms with van der Waals surface area (Å²) in [7, 11) is 1.36. The van der Waals surface area contributed by atoms with E-state index in [2.05, 4.69) is 10.6 Å². The minimum atomic E-state index is -1.62. The van der Waals surface area contributed by atoms with Crippen LogP contribution in [0, 0.1) is 0 Å². The van der Waals surface area contributed by atoms with Crippen molar-refractivity contribution in [1.29, 1.82) is 0 Å². The maximum atomic E-state index is 14.4. The molecule has 3 aromatic rings. The van der Waals surface area contributed by atoms with Gasteiger partial charge in [0.1, 0.15) is 41.5 Å². The number of aliphatic hydroxyl groups is 1. The largest absolute Gasteiger partial charge is 0.508 e. The lowest BCUT2D eigenvalue weighted by atomic mass is 10.0. The van der Waals surface area contributed by atoms with E-state index in [-0.39, 0.29) is 48.7 Å². The van der Waals surface area contributed by atoms with Crippen molar-refractivity contribution in [1.82, 2.24) is 30.0 Å². The number of likely N-dealkylation sites (N-methyl/N-ethyl adjacent to an activating group) is 1. The Labute approximate surface area is 341 Å². The monoisotopic (exact) mass is 840 g/mol. The summed E-state index contributed by atoms with van der Waals surface area (Å²) in [6.07, 6.45) is 0.362. The molecule has 1 fully saturated rings. The van der Waals surface area contributed by atoms with Crippen LogP contribution < -0.4 is 33.3 Å². The smallest absolute Gasteiger partial charge is 0.331 e. The number of thioether (sulfide) groups is 1. The normalized spacial score (nSPS) is 18.1. The van der Waals surface area contributed by atoms with E-state index in [0.717, 1.165) is 27.9 Å². The average molecular weight is 841 g/mol. The predicted molar refractivity (Wildman–Crippen MR) is 214 cm³/mol. The van der Waals surface area contributed by atoms with E-state index in [4.69, 9.17) is 16.2 Å². The number of imide groups is 1. The number of aromatic nitrogens is 2. The molecule has 318 valence electrons. The van der Waals surface area contributed by atoms with E-state index < -0.39 is 83.5 Å². The third kappa shape index (κ3) is 12.2. The number of H-pyrrole nitrogens is 1. The van der Waals surface area contributed by atoms with Crippen LogP contribution in [-0.2, 0) is 36.8 Å². The SMILES string of the molecule is CSCC[C@H](NC(=O)NC(Cc1cccc(O)c1)C(=O)O)C(=O)N(/C=C1\CC(O)C(n2ccc(=O)[nH]c2=O)O1)C(=O)C(N)C(C)N(C)C(=O)[C@@H](N)Cc1cccc(O)c1. The highest BCUT2D eigenvalue weighted by atomic mass is 32.2. The molecule has 0 bridgehead atoms. The first-order valence-electron chi connectivity index (χ1n) is 18.3. The first kappa shape index (κ1) is 45.5. The van der Waals surface area contributed by atoms with Crippen molar-refractivity contribution in [3.8, 4) is 11.5 Å². The van der Waals surface area contributed by atoms with Crippen molar-refractivity contribution in [2.75, 3.05) is 19.1 Å². The predicted octanol–water partition coefficient (Wildman–Crippen LogP) is -0.715. The number of hydrogen-bond donors (Lipinski definition) is 9. The van der Waals surface area contributed by atoms with Crippen molar-refractivity contribution >= 4 is 41.5 Å². The van der Waals surface area contributed by atoms with Gasteiger partial charge in [0.2, 0.25) is 12.1 Å². The fourth-order valence-corrected chi connectivity index (χ4v) is 6.63. The van der Waals surface area contributed by atoms with Crippen LogP contribution in [0.5, 0.6) is 11.5 Å². The van der Waals surface area contributed by atoms with Crippen molar-refractivity contribution < 1.29 is 49.1 Å². The zero-order chi connectivity index (χ0) is 43.6. The molecule has 7 atom stereocenters. The number of hydrogen-bond acceptors (Lipinski definition) is 14. The number of ether oxygens (including phenoxy) is 1. The Kier molecular flexibility index (Phi) is 15.8. The van der Waals surface area contributed by atoms with Crippen molar-refractivity contribution in [3.63, 3.8) is 0 Å². The van der Waals surface area contributed by atoms with Crippen molar-refractivity contribution in [2.24, 2.45) is 11.5 Å². The lowest BCUT2D eigenvalue weighted by Crippen LogP contribution is -2.60. The van der Waals surface area contributed by atoms with Crippen LogP contribution in [0.15, 0.2) is 82.3 Å². The molecule has 59 heavy (non-hydrogen) atoms. The van der Waals surface area contributed by atoms with Crippen LogP contribution >= 0.6 is 11.8 Å². The molecule has 20 nitrogen and oxygen atoms in total. The molecule has 1 aromatic heterocycles. The van der Waals surface area contributed by atoms with Gasteiger partial charge in [0, 0.05) is 32.2 Å². The fourth-order valence-electron chi connectivity index (χ4n) is 6.15. The third-order valence-corrected chi connectivity index (χ3v) is 10.1. The minimum Gasteiger partial charge on any atom is -0.508 e. The van der Waals surface area contributed by atoms with E-state index in [1.54, 1.807) is 24.5 Å². The molecule has 5 amide bonds. The van der Waals surface area contributed by atoms with Gasteiger partial charge in [-0.25, -0.2) is 14.4 Å². The first-order chi connectivity index (χ1) is 27.9. The van der Waals surface area contributed by atoms with Crippen molar-refractivity contribution in [3.05, 3.63) is 105 Å². The number of carboxylic acids is 1. The highest BCUT2D eigenvalue weighted by Gasteiger charge is 2.39. The van der Waals surface area contributed by atoms with Gasteiger partial charge in [0.25, 0.3) is 17.4 Å². The van der Waals surface area contributed by atoms with Crippen LogP contribution in [0.3, 0.4) is 0 Å². The Balaban J connectivity index is 1.63. The van der Waals surface area contributed by atoms with Crippen LogP contribution in [0.25, 0.3) is 0 Å². The quantitative estimate of drug-likeness (QED) is 0.0811. The molecule has 0 radical (unpaired) electrons. The second-order valence-corrected chi connectivity index (χ2v) is 14.8. The Morgan fingerprint density at radius 3 is 2.15 bits per heavy atom. The molecule has 0 saturated carbocycles. The number of aromatic hydroxyl groups is 2. The molecule has 1 aliphatic rings. The highest BCUT2D eigenvalue weighted by Crippen LogP contribution is 2.31. The summed E-state index contributed by atoms with van der Waals surface area (Å²) in [6.45, 7) is 1.45. The van der Waals surface area contributed by atoms with Crippen LogP contribution in [0.1, 0.15) is 37.1 Å². The van der Waals surface area contributed by atoms with Gasteiger partial charge in [0.05, 0.1) is 18.3 Å². The zero-order valence-electron chi connectivity index (χ0n) is 32.4. The third-order valence-electron chi connectivity index (χ3n) is 9.50. The number of carbonyl (C=O) groups is 5. The number of rotatable bonds is 17. The second kappa shape index (κ2) is 20.5. The van der Waals surface area contributed by atoms with Gasteiger partial charge in [-0.3, -0.25) is 33.6 Å². The van der Waals surface area contributed by atoms with E-state index in [9.17, 15) is 54.0 Å². The van der Waals surface area contributed by atoms with Crippen LogP contribution in [-0.4, -0.2) is 125 Å². The molecule has 4 rings (SSSR count). The number of aliphatic hydroxyl groups excluding tert-OH is 1. The number of carboxylic acid groups (broad SMARTS) is 1. The summed E-state index contributed by atoms with van der Waals surface area (Å²) >= 11 is 1.30. The number of aromatic amines is 1. The average Bonchev–Trinajstić information content (AvgIpc) is 3.55. The molecule has 21 heteroatoms. The molecule has 0 aliphatic carbocycles. The number of carbonyl (C=O) groups excluding carboxylic acids is 4. The fraction of sp³-hybridized carbons (Fsp3) is 0.395. The lowest BCUT2D eigenvalue weighted by molar-refractivity contribution is -0.145. The van der Waals surface area contributed by atoms with Gasteiger partial charge in [0.15, 0.2) is 0 Å². The van der Waals surface area contributed by atoms with E-state index in [1.165, 1.54) is 56.1 Å². The molecular formula is C38H48N8O12S. The standard InChI is InChI=1S/C38H48N8O12S/c1-20(44(2)32(51)26(39)16-21-6-4-8-23(47)14-21)31(40)34(53)46(19-25-18-29(49)35(58-25)45-12-10-30(50)43-38(45)57)33(52)27(11-13-59-3)41-37(56)42-28(36(54)55)17-22-7-5-9-24(48)15-22/h4-10,12,14-15,19-20,26-29,31,35,47-49H,11,13,16-18,39-40H2,1-3H3,(H,54,55)(H2,41,42,56)(H,43,50,57)/b25-19+/t20?,26-,27-,28?,29?,31?,35?/m0/s1. The maximum Gasteiger partial charge on any atom is 0.331 e. The van der Waals surface area contributed by atoms with E-state index in [0.29, 0.717) is 16.0 Å². The number of phenols is 2. The molecule has 11 N–H and O–H groups in total. The molecule has 1 saturated heterocycles. The van der Waals surface area contributed by atoms with Gasteiger partial charge in [-0.05, 0) is 67.2 Å².